The van der Waals surface area contributed by atoms with Crippen LogP contribution in [0.5, 0.6) is 0 Å². The van der Waals surface area contributed by atoms with Gasteiger partial charge in [-0.05, 0) is 44.0 Å². The number of benzene rings is 1. The molecule has 0 radical (unpaired) electrons. The van der Waals surface area contributed by atoms with E-state index in [0.717, 1.165) is 30.6 Å². The number of nitrogens with zero attached hydrogens (tertiary/aromatic N) is 1. The number of fused-ring (bicyclic) bond motifs is 1. The first-order valence-electron chi connectivity index (χ1n) is 6.83. The van der Waals surface area contributed by atoms with Crippen molar-refractivity contribution in [3.8, 4) is 0 Å². The van der Waals surface area contributed by atoms with Crippen LogP contribution in [0.25, 0.3) is 10.9 Å². The van der Waals surface area contributed by atoms with Crippen LogP contribution in [0.2, 0.25) is 0 Å². The highest BCUT2D eigenvalue weighted by atomic mass is 14.9. The lowest BCUT2D eigenvalue weighted by Crippen LogP contribution is -2.30. The van der Waals surface area contributed by atoms with E-state index in [1.807, 2.05) is 0 Å². The van der Waals surface area contributed by atoms with E-state index in [1.54, 1.807) is 0 Å². The Balaban J connectivity index is 2.37. The van der Waals surface area contributed by atoms with E-state index in [4.69, 9.17) is 0 Å². The zero-order valence-electron chi connectivity index (χ0n) is 11.5. The van der Waals surface area contributed by atoms with Crippen molar-refractivity contribution in [1.29, 1.82) is 0 Å². The van der Waals surface area contributed by atoms with Gasteiger partial charge in [-0.25, -0.2) is 0 Å². The van der Waals surface area contributed by atoms with Crippen molar-refractivity contribution < 1.29 is 0 Å². The number of hydrogen-bond acceptors (Lipinski definition) is 2. The summed E-state index contributed by atoms with van der Waals surface area (Å²) in [4.78, 5) is 4.60. The molecule has 0 saturated carbocycles. The van der Waals surface area contributed by atoms with Gasteiger partial charge in [-0.2, -0.15) is 0 Å². The van der Waals surface area contributed by atoms with Gasteiger partial charge < -0.3 is 5.32 Å². The van der Waals surface area contributed by atoms with Crippen molar-refractivity contribution in [1.82, 2.24) is 10.3 Å². The van der Waals surface area contributed by atoms with Gasteiger partial charge in [0, 0.05) is 17.1 Å². The Morgan fingerprint density at radius 3 is 2.72 bits per heavy atom. The van der Waals surface area contributed by atoms with Crippen molar-refractivity contribution in [2.75, 3.05) is 6.54 Å². The summed E-state index contributed by atoms with van der Waals surface area (Å²) in [5, 5.41) is 4.84. The minimum Gasteiger partial charge on any atom is -0.314 e. The lowest BCUT2D eigenvalue weighted by molar-refractivity contribution is 0.511. The second kappa shape index (κ2) is 5.96. The minimum atomic E-state index is 0.556. The van der Waals surface area contributed by atoms with Gasteiger partial charge in [0.1, 0.15) is 0 Å². The molecule has 2 rings (SSSR count). The molecule has 2 nitrogen and oxygen atoms in total. The molecular formula is C16H22N2. The molecule has 1 aromatic carbocycles. The third kappa shape index (κ3) is 2.88. The zero-order valence-corrected chi connectivity index (χ0v) is 11.5. The number of hydrogen-bond donors (Lipinski definition) is 1. The average molecular weight is 242 g/mol. The van der Waals surface area contributed by atoms with Crippen LogP contribution in [0.1, 0.15) is 31.5 Å². The molecule has 1 atom stereocenters. The van der Waals surface area contributed by atoms with Crippen LogP contribution in [0.4, 0.5) is 0 Å². The molecule has 2 heteroatoms. The van der Waals surface area contributed by atoms with E-state index < -0.39 is 0 Å². The maximum Gasteiger partial charge on any atom is 0.0707 e. The zero-order chi connectivity index (χ0) is 13.0. The Labute approximate surface area is 109 Å². The number of aromatic nitrogens is 1. The van der Waals surface area contributed by atoms with Crippen molar-refractivity contribution in [2.45, 2.75) is 39.7 Å². The summed E-state index contributed by atoms with van der Waals surface area (Å²) < 4.78 is 0. The van der Waals surface area contributed by atoms with Crippen LogP contribution in [-0.4, -0.2) is 17.6 Å². The van der Waals surface area contributed by atoms with E-state index in [2.05, 4.69) is 61.4 Å². The largest absolute Gasteiger partial charge is 0.314 e. The molecule has 1 N–H and O–H groups in total. The number of aryl methyl sites for hydroxylation is 1. The molecule has 18 heavy (non-hydrogen) atoms. The van der Waals surface area contributed by atoms with Crippen molar-refractivity contribution in [3.63, 3.8) is 0 Å². The first-order chi connectivity index (χ1) is 8.74. The van der Waals surface area contributed by atoms with Gasteiger partial charge in [0.25, 0.3) is 0 Å². The Morgan fingerprint density at radius 2 is 2.00 bits per heavy atom. The predicted octanol–water partition coefficient (Wildman–Crippen LogP) is 3.47. The van der Waals surface area contributed by atoms with Crippen LogP contribution in [0, 0.1) is 6.92 Å². The van der Waals surface area contributed by atoms with Gasteiger partial charge in [0.2, 0.25) is 0 Å². The molecule has 0 spiro atoms. The Hall–Kier alpha value is -1.41. The van der Waals surface area contributed by atoms with E-state index in [1.165, 1.54) is 10.9 Å². The Bertz CT molecular complexity index is 519. The van der Waals surface area contributed by atoms with Gasteiger partial charge in [0.15, 0.2) is 0 Å². The van der Waals surface area contributed by atoms with Crippen LogP contribution < -0.4 is 5.32 Å². The number of para-hydroxylation sites is 1. The summed E-state index contributed by atoms with van der Waals surface area (Å²) in [6.45, 7) is 7.51. The fourth-order valence-corrected chi connectivity index (χ4v) is 2.48. The van der Waals surface area contributed by atoms with E-state index in [9.17, 15) is 0 Å². The molecule has 1 unspecified atom stereocenters. The van der Waals surface area contributed by atoms with Crippen LogP contribution >= 0.6 is 0 Å². The quantitative estimate of drug-likeness (QED) is 0.868. The molecule has 0 aliphatic rings. The molecule has 0 bridgehead atoms. The normalized spacial score (nSPS) is 12.8. The molecule has 2 aromatic rings. The van der Waals surface area contributed by atoms with Gasteiger partial charge in [0.05, 0.1) is 5.52 Å². The lowest BCUT2D eigenvalue weighted by Gasteiger charge is -2.17. The number of rotatable bonds is 5. The third-order valence-electron chi connectivity index (χ3n) is 3.38. The summed E-state index contributed by atoms with van der Waals surface area (Å²) in [6, 6.07) is 11.2. The molecule has 96 valence electrons. The highest BCUT2D eigenvalue weighted by Crippen LogP contribution is 2.20. The molecule has 0 amide bonds. The van der Waals surface area contributed by atoms with Gasteiger partial charge in [-0.1, -0.05) is 32.0 Å². The van der Waals surface area contributed by atoms with Crippen LogP contribution in [0.3, 0.4) is 0 Å². The smallest absolute Gasteiger partial charge is 0.0707 e. The first kappa shape index (κ1) is 13.0. The topological polar surface area (TPSA) is 24.9 Å². The lowest BCUT2D eigenvalue weighted by atomic mass is 9.99. The Morgan fingerprint density at radius 1 is 1.22 bits per heavy atom. The maximum atomic E-state index is 4.60. The Kier molecular flexibility index (Phi) is 4.32. The van der Waals surface area contributed by atoms with Gasteiger partial charge in [-0.15, -0.1) is 0 Å². The van der Waals surface area contributed by atoms with E-state index >= 15 is 0 Å². The SMILES string of the molecule is CCNC(CC)Cc1cc(C)nc2ccccc12. The number of likely N-dealkylation sites (N-methyl/N-ethyl adjacent to an activating group) is 1. The molecular weight excluding hydrogens is 220 g/mol. The van der Waals surface area contributed by atoms with Crippen LogP contribution in [-0.2, 0) is 6.42 Å². The summed E-state index contributed by atoms with van der Waals surface area (Å²) in [5.41, 5.74) is 3.62. The fourth-order valence-electron chi connectivity index (χ4n) is 2.48. The number of pyridine rings is 1. The van der Waals surface area contributed by atoms with Gasteiger partial charge >= 0.3 is 0 Å². The highest BCUT2D eigenvalue weighted by Gasteiger charge is 2.09. The predicted molar refractivity (Wildman–Crippen MR) is 77.9 cm³/mol. The fraction of sp³-hybridized carbons (Fsp3) is 0.438. The molecule has 0 saturated heterocycles. The second-order valence-corrected chi connectivity index (χ2v) is 4.81. The number of nitrogens with one attached hydrogen (secondary N) is 1. The van der Waals surface area contributed by atoms with E-state index in [0.29, 0.717) is 6.04 Å². The first-order valence-corrected chi connectivity index (χ1v) is 6.83. The standard InChI is InChI=1S/C16H22N2/c1-4-14(17-5-2)11-13-10-12(3)18-16-9-7-6-8-15(13)16/h6-10,14,17H,4-5,11H2,1-3H3. The molecule has 0 fully saturated rings. The minimum absolute atomic E-state index is 0.556. The van der Waals surface area contributed by atoms with Crippen molar-refractivity contribution >= 4 is 10.9 Å². The third-order valence-corrected chi connectivity index (χ3v) is 3.38. The average Bonchev–Trinajstić information content (AvgIpc) is 2.38. The molecule has 1 heterocycles. The van der Waals surface area contributed by atoms with Gasteiger partial charge in [-0.3, -0.25) is 4.98 Å². The monoisotopic (exact) mass is 242 g/mol. The second-order valence-electron chi connectivity index (χ2n) is 4.81. The summed E-state index contributed by atoms with van der Waals surface area (Å²) in [5.74, 6) is 0. The van der Waals surface area contributed by atoms with E-state index in [-0.39, 0.29) is 0 Å². The molecule has 0 aliphatic carbocycles. The maximum absolute atomic E-state index is 4.60. The van der Waals surface area contributed by atoms with Crippen molar-refractivity contribution in [3.05, 3.63) is 41.6 Å². The van der Waals surface area contributed by atoms with Crippen molar-refractivity contribution in [2.24, 2.45) is 0 Å². The summed E-state index contributed by atoms with van der Waals surface area (Å²) in [7, 11) is 0. The highest BCUT2D eigenvalue weighted by molar-refractivity contribution is 5.82. The summed E-state index contributed by atoms with van der Waals surface area (Å²) >= 11 is 0. The van der Waals surface area contributed by atoms with Crippen LogP contribution in [0.15, 0.2) is 30.3 Å². The molecule has 0 aliphatic heterocycles. The summed E-state index contributed by atoms with van der Waals surface area (Å²) in [6.07, 6.45) is 2.23. The molecule has 1 aromatic heterocycles.